The molecule has 4 heterocycles. The molecule has 3 aliphatic heterocycles. The molecule has 3 aliphatic rings. The molecule has 1 aromatic heterocycles. The van der Waals surface area contributed by atoms with Crippen molar-refractivity contribution < 1.29 is 27.9 Å². The molecule has 0 spiro atoms. The number of ether oxygens (including phenoxy) is 1. The lowest BCUT2D eigenvalue weighted by molar-refractivity contribution is -0.129. The van der Waals surface area contributed by atoms with Crippen LogP contribution in [-0.2, 0) is 9.59 Å². The number of nitrogens with one attached hydrogen (secondary N) is 2. The minimum absolute atomic E-state index is 0.0615. The van der Waals surface area contributed by atoms with Gasteiger partial charge in [-0.25, -0.2) is 18.6 Å². The van der Waals surface area contributed by atoms with Gasteiger partial charge in [0.15, 0.2) is 11.6 Å². The molecule has 0 radical (unpaired) electrons. The molecule has 2 aromatic carbocycles. The van der Waals surface area contributed by atoms with Crippen LogP contribution in [0, 0.1) is 11.6 Å². The van der Waals surface area contributed by atoms with Gasteiger partial charge in [0.2, 0.25) is 11.8 Å². The van der Waals surface area contributed by atoms with Gasteiger partial charge in [-0.2, -0.15) is 0 Å². The number of benzene rings is 2. The second kappa shape index (κ2) is 10.8. The summed E-state index contributed by atoms with van der Waals surface area (Å²) in [5.74, 6) is -2.17. The molecule has 2 unspecified atom stereocenters. The summed E-state index contributed by atoms with van der Waals surface area (Å²) in [5, 5.41) is 5.48. The topological polar surface area (TPSA) is 104 Å². The van der Waals surface area contributed by atoms with Gasteiger partial charge in [0.1, 0.15) is 27.5 Å². The van der Waals surface area contributed by atoms with E-state index >= 15 is 8.78 Å². The molecule has 2 N–H and O–H groups in total. The standard InChI is InChI=1S/C29H25F2N5O4S/c1-2-22(37)35-12-6-7-16(15-35)33-27(38)26-24-23-21(10-11-32-28(23)41-26)36(29(39)34-24)25-19(30)13-18(14-20(25)31)40-17-8-4-3-5-9-17/h2-5,8-11,13-14,16,24,26H,1,6-7,12,15H2,(H,33,38)(H,34,39)/t16?,24?,26-/m1/s1. The van der Waals surface area contributed by atoms with Crippen molar-refractivity contribution in [3.8, 4) is 11.5 Å². The Morgan fingerprint density at radius 1 is 1.15 bits per heavy atom. The van der Waals surface area contributed by atoms with Crippen LogP contribution in [0.4, 0.5) is 25.0 Å². The van der Waals surface area contributed by atoms with Crippen molar-refractivity contribution in [1.29, 1.82) is 0 Å². The fourth-order valence-electron chi connectivity index (χ4n) is 5.39. The van der Waals surface area contributed by atoms with Crippen molar-refractivity contribution >= 4 is 41.0 Å². The van der Waals surface area contributed by atoms with Crippen molar-refractivity contribution in [2.24, 2.45) is 0 Å². The maximum atomic E-state index is 15.4. The first-order chi connectivity index (χ1) is 19.8. The maximum absolute atomic E-state index is 15.4. The van der Waals surface area contributed by atoms with Crippen molar-refractivity contribution in [3.05, 3.63) is 84.6 Å². The van der Waals surface area contributed by atoms with E-state index in [2.05, 4.69) is 22.2 Å². The van der Waals surface area contributed by atoms with Crippen LogP contribution in [0.2, 0.25) is 0 Å². The summed E-state index contributed by atoms with van der Waals surface area (Å²) in [7, 11) is 0. The van der Waals surface area contributed by atoms with Gasteiger partial charge in [0.05, 0.1) is 11.7 Å². The molecule has 1 fully saturated rings. The molecule has 1 saturated heterocycles. The zero-order valence-electron chi connectivity index (χ0n) is 21.7. The van der Waals surface area contributed by atoms with E-state index in [-0.39, 0.29) is 29.3 Å². The van der Waals surface area contributed by atoms with Crippen molar-refractivity contribution in [2.75, 3.05) is 18.0 Å². The number of hydrogen-bond acceptors (Lipinski definition) is 6. The van der Waals surface area contributed by atoms with Gasteiger partial charge < -0.3 is 20.3 Å². The molecule has 12 heteroatoms. The molecule has 0 aliphatic carbocycles. The van der Waals surface area contributed by atoms with Crippen molar-refractivity contribution in [3.63, 3.8) is 0 Å². The van der Waals surface area contributed by atoms with Gasteiger partial charge >= 0.3 is 6.03 Å². The van der Waals surface area contributed by atoms with Crippen LogP contribution >= 0.6 is 11.8 Å². The SMILES string of the molecule is C=CC(=O)N1CCCC(NC(=O)[C@@H]2Sc3nccc4c3C2NC(=O)N4c2c(F)cc(Oc3ccccc3)cc2F)C1. The number of rotatable bonds is 6. The number of hydrogen-bond donors (Lipinski definition) is 2. The fraction of sp³-hybridized carbons (Fsp3) is 0.241. The molecule has 0 saturated carbocycles. The molecular formula is C29H25F2N5O4S. The number of likely N-dealkylation sites (tertiary alicyclic amines) is 1. The van der Waals surface area contributed by atoms with E-state index in [4.69, 9.17) is 4.74 Å². The Morgan fingerprint density at radius 3 is 2.63 bits per heavy atom. The minimum Gasteiger partial charge on any atom is -0.457 e. The van der Waals surface area contributed by atoms with E-state index in [0.29, 0.717) is 35.8 Å². The molecule has 0 bridgehead atoms. The van der Waals surface area contributed by atoms with E-state index in [1.165, 1.54) is 30.1 Å². The van der Waals surface area contributed by atoms with Gasteiger partial charge in [-0.05, 0) is 37.1 Å². The van der Waals surface area contributed by atoms with Gasteiger partial charge in [0.25, 0.3) is 0 Å². The Balaban J connectivity index is 1.25. The normalized spacial score (nSPS) is 21.1. The largest absolute Gasteiger partial charge is 0.457 e. The summed E-state index contributed by atoms with van der Waals surface area (Å²) in [6, 6.07) is 10.3. The average Bonchev–Trinajstić information content (AvgIpc) is 3.34. The highest BCUT2D eigenvalue weighted by Crippen LogP contribution is 2.51. The lowest BCUT2D eigenvalue weighted by atomic mass is 9.99. The predicted molar refractivity (Wildman–Crippen MR) is 148 cm³/mol. The Labute approximate surface area is 238 Å². The number of nitrogens with zero attached hydrogens (tertiary/aromatic N) is 3. The Hall–Kier alpha value is -4.45. The molecule has 6 rings (SSSR count). The number of urea groups is 1. The first kappa shape index (κ1) is 26.8. The molecule has 3 aromatic rings. The molecule has 3 atom stereocenters. The lowest BCUT2D eigenvalue weighted by Gasteiger charge is -2.35. The number of amides is 4. The molecule has 210 valence electrons. The summed E-state index contributed by atoms with van der Waals surface area (Å²) >= 11 is 1.17. The van der Waals surface area contributed by atoms with Crippen LogP contribution in [0.1, 0.15) is 24.4 Å². The highest BCUT2D eigenvalue weighted by atomic mass is 32.2. The zero-order valence-corrected chi connectivity index (χ0v) is 22.5. The third-order valence-corrected chi connectivity index (χ3v) is 8.50. The highest BCUT2D eigenvalue weighted by molar-refractivity contribution is 8.01. The van der Waals surface area contributed by atoms with Crippen molar-refractivity contribution in [1.82, 2.24) is 20.5 Å². The van der Waals surface area contributed by atoms with Gasteiger partial charge in [-0.15, -0.1) is 0 Å². The third kappa shape index (κ3) is 4.99. The number of thioether (sulfide) groups is 1. The number of piperidine rings is 1. The number of halogens is 2. The van der Waals surface area contributed by atoms with Gasteiger partial charge in [-0.3, -0.25) is 14.5 Å². The smallest absolute Gasteiger partial charge is 0.327 e. The molecular weight excluding hydrogens is 552 g/mol. The van der Waals surface area contributed by atoms with Gasteiger partial charge in [-0.1, -0.05) is 36.5 Å². The van der Waals surface area contributed by atoms with Crippen LogP contribution in [-0.4, -0.2) is 52.1 Å². The van der Waals surface area contributed by atoms with Gasteiger partial charge in [0, 0.05) is 43.0 Å². The van der Waals surface area contributed by atoms with Crippen LogP contribution in [0.15, 0.2) is 72.4 Å². The molecule has 9 nitrogen and oxygen atoms in total. The van der Waals surface area contributed by atoms with Crippen LogP contribution in [0.3, 0.4) is 0 Å². The first-order valence-electron chi connectivity index (χ1n) is 13.0. The predicted octanol–water partition coefficient (Wildman–Crippen LogP) is 4.82. The van der Waals surface area contributed by atoms with Crippen LogP contribution < -0.4 is 20.3 Å². The Kier molecular flexibility index (Phi) is 7.08. The zero-order chi connectivity index (χ0) is 28.7. The van der Waals surface area contributed by atoms with Crippen LogP contribution in [0.5, 0.6) is 11.5 Å². The minimum atomic E-state index is -0.994. The molecule has 41 heavy (non-hydrogen) atoms. The second-order valence-corrected chi connectivity index (χ2v) is 11.0. The van der Waals surface area contributed by atoms with E-state index in [9.17, 15) is 14.4 Å². The summed E-state index contributed by atoms with van der Waals surface area (Å²) in [6.07, 6.45) is 4.12. The second-order valence-electron chi connectivity index (χ2n) is 9.84. The first-order valence-corrected chi connectivity index (χ1v) is 13.9. The number of pyridine rings is 1. The van der Waals surface area contributed by atoms with Crippen LogP contribution in [0.25, 0.3) is 0 Å². The summed E-state index contributed by atoms with van der Waals surface area (Å²) in [5.41, 5.74) is 0.177. The number of carbonyl (C=O) groups excluding carboxylic acids is 3. The average molecular weight is 578 g/mol. The lowest BCUT2D eigenvalue weighted by Crippen LogP contribution is -2.53. The number of aromatic nitrogens is 1. The number of anilines is 2. The van der Waals surface area contributed by atoms with E-state index in [1.807, 2.05) is 0 Å². The van der Waals surface area contributed by atoms with E-state index < -0.39 is 34.6 Å². The van der Waals surface area contributed by atoms with Crippen molar-refractivity contribution in [2.45, 2.75) is 35.2 Å². The third-order valence-electron chi connectivity index (χ3n) is 7.21. The maximum Gasteiger partial charge on any atom is 0.327 e. The number of carbonyl (C=O) groups is 3. The Bertz CT molecular complexity index is 1530. The monoisotopic (exact) mass is 577 g/mol. The van der Waals surface area contributed by atoms with E-state index in [1.54, 1.807) is 35.2 Å². The number of para-hydroxylation sites is 1. The highest BCUT2D eigenvalue weighted by Gasteiger charge is 2.47. The van der Waals surface area contributed by atoms with E-state index in [0.717, 1.165) is 23.5 Å². The quantitative estimate of drug-likeness (QED) is 0.407. The summed E-state index contributed by atoms with van der Waals surface area (Å²) in [4.78, 5) is 45.8. The fourth-order valence-corrected chi connectivity index (χ4v) is 6.63. The Morgan fingerprint density at radius 2 is 1.90 bits per heavy atom. The summed E-state index contributed by atoms with van der Waals surface area (Å²) in [6.45, 7) is 4.48. The molecule has 4 amide bonds. The summed E-state index contributed by atoms with van der Waals surface area (Å²) < 4.78 is 36.4.